The number of ether oxygens (including phenoxy) is 1. The molecule has 0 aromatic heterocycles. The third-order valence-corrected chi connectivity index (χ3v) is 6.03. The average Bonchev–Trinajstić information content (AvgIpc) is 2.92. The van der Waals surface area contributed by atoms with Crippen molar-refractivity contribution in [2.45, 2.75) is 35.5 Å². The Labute approximate surface area is 160 Å². The first-order valence-electron chi connectivity index (χ1n) is 8.28. The molecule has 0 heterocycles. The van der Waals surface area contributed by atoms with Crippen LogP contribution in [0.2, 0.25) is 0 Å². The minimum Gasteiger partial charge on any atom is -0.480 e. The van der Waals surface area contributed by atoms with Crippen molar-refractivity contribution in [1.82, 2.24) is 4.72 Å². The Morgan fingerprint density at radius 1 is 1.00 bits per heavy atom. The molecule has 0 amide bonds. The highest BCUT2D eigenvalue weighted by Gasteiger charge is 2.52. The third-order valence-electron chi connectivity index (χ3n) is 4.48. The lowest BCUT2D eigenvalue weighted by Crippen LogP contribution is -2.53. The van der Waals surface area contributed by atoms with Crippen molar-refractivity contribution < 1.29 is 37.7 Å². The van der Waals surface area contributed by atoms with Gasteiger partial charge in [-0.3, -0.25) is 4.79 Å². The third kappa shape index (κ3) is 4.14. The molecule has 150 valence electrons. The van der Waals surface area contributed by atoms with Crippen LogP contribution in [0.25, 0.3) is 0 Å². The Hall–Kier alpha value is -2.53. The number of nitrogens with one attached hydrogen (secondary N) is 1. The zero-order chi connectivity index (χ0) is 20.5. The fourth-order valence-electron chi connectivity index (χ4n) is 3.01. The Morgan fingerprint density at radius 2 is 1.46 bits per heavy atom. The number of hydrogen-bond donors (Lipinski definition) is 4. The molecule has 2 aromatic rings. The summed E-state index contributed by atoms with van der Waals surface area (Å²) in [4.78, 5) is 11.4. The lowest BCUT2D eigenvalue weighted by molar-refractivity contribution is -0.144. The number of rotatable bonds is 6. The molecule has 3 atom stereocenters. The number of sulfonamides is 1. The molecule has 28 heavy (non-hydrogen) atoms. The zero-order valence-corrected chi connectivity index (χ0v) is 15.3. The summed E-state index contributed by atoms with van der Waals surface area (Å²) in [6, 6.07) is 10.4. The minimum atomic E-state index is -4.25. The summed E-state index contributed by atoms with van der Waals surface area (Å²) in [5.74, 6) is -1.25. The predicted octanol–water partition coefficient (Wildman–Crippen LogP) is 1.24. The van der Waals surface area contributed by atoms with Crippen molar-refractivity contribution in [3.63, 3.8) is 0 Å². The molecule has 2 aromatic carbocycles. The molecule has 1 aliphatic carbocycles. The lowest BCUT2D eigenvalue weighted by Gasteiger charge is -2.25. The van der Waals surface area contributed by atoms with E-state index < -0.39 is 52.4 Å². The molecular formula is C18H18FNO7S. The monoisotopic (exact) mass is 411 g/mol. The summed E-state index contributed by atoms with van der Waals surface area (Å²) in [6.45, 7) is 0. The SMILES string of the molecule is O=C(O)[C@@]1(NS(=O)(=O)c2ccc(Oc3ccc(F)cc3)cc2)C[C@@H](O)[C@@H](O)C1. The van der Waals surface area contributed by atoms with Crippen LogP contribution >= 0.6 is 0 Å². The topological polar surface area (TPSA) is 133 Å². The maximum Gasteiger partial charge on any atom is 0.325 e. The van der Waals surface area contributed by atoms with Crippen molar-refractivity contribution in [1.29, 1.82) is 0 Å². The summed E-state index contributed by atoms with van der Waals surface area (Å²) in [7, 11) is -4.25. The van der Waals surface area contributed by atoms with Crippen molar-refractivity contribution in [2.24, 2.45) is 0 Å². The van der Waals surface area contributed by atoms with E-state index in [0.29, 0.717) is 11.5 Å². The van der Waals surface area contributed by atoms with Crippen LogP contribution in [0, 0.1) is 5.82 Å². The second-order valence-electron chi connectivity index (χ2n) is 6.56. The van der Waals surface area contributed by atoms with E-state index in [4.69, 9.17) is 4.74 Å². The summed E-state index contributed by atoms with van der Waals surface area (Å²) in [6.07, 6.45) is -3.58. The fourth-order valence-corrected chi connectivity index (χ4v) is 4.39. The maximum absolute atomic E-state index is 12.9. The number of benzene rings is 2. The minimum absolute atomic E-state index is 0.213. The highest BCUT2D eigenvalue weighted by molar-refractivity contribution is 7.89. The highest BCUT2D eigenvalue weighted by atomic mass is 32.2. The molecule has 0 unspecified atom stereocenters. The molecule has 1 saturated carbocycles. The molecule has 0 spiro atoms. The summed E-state index contributed by atoms with van der Waals surface area (Å²) >= 11 is 0. The fraction of sp³-hybridized carbons (Fsp3) is 0.278. The van der Waals surface area contributed by atoms with Crippen molar-refractivity contribution in [3.05, 3.63) is 54.3 Å². The Balaban J connectivity index is 1.78. The summed E-state index contributed by atoms with van der Waals surface area (Å²) in [5, 5.41) is 28.8. The van der Waals surface area contributed by atoms with Crippen LogP contribution in [0.3, 0.4) is 0 Å². The Bertz CT molecular complexity index is 950. The molecule has 0 bridgehead atoms. The van der Waals surface area contributed by atoms with Crippen molar-refractivity contribution >= 4 is 16.0 Å². The van der Waals surface area contributed by atoms with Gasteiger partial charge in [-0.05, 0) is 48.5 Å². The molecule has 0 radical (unpaired) electrons. The van der Waals surface area contributed by atoms with E-state index in [2.05, 4.69) is 4.72 Å². The molecule has 3 rings (SSSR count). The van der Waals surface area contributed by atoms with E-state index in [9.17, 15) is 32.9 Å². The lowest BCUT2D eigenvalue weighted by atomic mass is 9.99. The molecule has 10 heteroatoms. The molecule has 1 fully saturated rings. The first kappa shape index (κ1) is 20.2. The van der Waals surface area contributed by atoms with Gasteiger partial charge in [0, 0.05) is 12.8 Å². The number of carboxylic acid groups (broad SMARTS) is 1. The number of aliphatic hydroxyl groups excluding tert-OH is 2. The van der Waals surface area contributed by atoms with Gasteiger partial charge < -0.3 is 20.1 Å². The number of aliphatic carboxylic acids is 1. The van der Waals surface area contributed by atoms with Gasteiger partial charge in [0.2, 0.25) is 10.0 Å². The molecule has 0 aliphatic heterocycles. The van der Waals surface area contributed by atoms with E-state index >= 15 is 0 Å². The van der Waals surface area contributed by atoms with Gasteiger partial charge in [0.05, 0.1) is 17.1 Å². The van der Waals surface area contributed by atoms with E-state index in [1.165, 1.54) is 48.5 Å². The van der Waals surface area contributed by atoms with E-state index in [1.54, 1.807) is 0 Å². The molecule has 1 aliphatic rings. The molecular weight excluding hydrogens is 393 g/mol. The van der Waals surface area contributed by atoms with Gasteiger partial charge >= 0.3 is 5.97 Å². The number of hydrogen-bond acceptors (Lipinski definition) is 6. The van der Waals surface area contributed by atoms with Gasteiger partial charge in [0.1, 0.15) is 22.9 Å². The number of halogens is 1. The van der Waals surface area contributed by atoms with Crippen molar-refractivity contribution in [2.75, 3.05) is 0 Å². The second-order valence-corrected chi connectivity index (χ2v) is 8.25. The normalized spacial score (nSPS) is 24.8. The smallest absolute Gasteiger partial charge is 0.325 e. The van der Waals surface area contributed by atoms with Gasteiger partial charge in [-0.25, -0.2) is 12.8 Å². The van der Waals surface area contributed by atoms with E-state index in [-0.39, 0.29) is 4.90 Å². The van der Waals surface area contributed by atoms with Gasteiger partial charge in [0.15, 0.2) is 0 Å². The van der Waals surface area contributed by atoms with Crippen molar-refractivity contribution in [3.8, 4) is 11.5 Å². The number of aliphatic hydroxyl groups is 2. The number of carbonyl (C=O) groups is 1. The van der Waals surface area contributed by atoms with Crippen LogP contribution < -0.4 is 9.46 Å². The van der Waals surface area contributed by atoms with Crippen LogP contribution in [0.5, 0.6) is 11.5 Å². The number of carboxylic acids is 1. The molecule has 0 saturated heterocycles. The second kappa shape index (κ2) is 7.47. The Morgan fingerprint density at radius 3 is 1.93 bits per heavy atom. The summed E-state index contributed by atoms with van der Waals surface area (Å²) in [5.41, 5.74) is -2.00. The van der Waals surface area contributed by atoms with E-state index in [0.717, 1.165) is 0 Å². The van der Waals surface area contributed by atoms with Crippen LogP contribution in [0.4, 0.5) is 4.39 Å². The molecule has 4 N–H and O–H groups in total. The highest BCUT2D eigenvalue weighted by Crippen LogP contribution is 2.33. The van der Waals surface area contributed by atoms with Gasteiger partial charge in [-0.15, -0.1) is 0 Å². The zero-order valence-electron chi connectivity index (χ0n) is 14.4. The largest absolute Gasteiger partial charge is 0.480 e. The van der Waals surface area contributed by atoms with Crippen LogP contribution in [0.15, 0.2) is 53.4 Å². The van der Waals surface area contributed by atoms with E-state index in [1.807, 2.05) is 0 Å². The molecule has 8 nitrogen and oxygen atoms in total. The first-order valence-corrected chi connectivity index (χ1v) is 9.77. The first-order chi connectivity index (χ1) is 13.1. The maximum atomic E-state index is 12.9. The quantitative estimate of drug-likeness (QED) is 0.562. The predicted molar refractivity (Wildman–Crippen MR) is 94.9 cm³/mol. The standard InChI is InChI=1S/C18H18FNO7S/c19-11-1-3-12(4-2-11)27-13-5-7-14(8-6-13)28(25,26)20-18(17(23)24)9-15(21)16(22)10-18/h1-8,15-16,20-22H,9-10H2,(H,23,24)/t15-,16+,18-. The van der Waals surface area contributed by atoms with Gasteiger partial charge in [0.25, 0.3) is 0 Å². The van der Waals surface area contributed by atoms with Crippen LogP contribution in [-0.2, 0) is 14.8 Å². The van der Waals surface area contributed by atoms with Crippen LogP contribution in [0.1, 0.15) is 12.8 Å². The Kier molecular flexibility index (Phi) is 5.39. The average molecular weight is 411 g/mol. The van der Waals surface area contributed by atoms with Gasteiger partial charge in [-0.2, -0.15) is 4.72 Å². The van der Waals surface area contributed by atoms with Crippen LogP contribution in [-0.4, -0.2) is 47.5 Å². The van der Waals surface area contributed by atoms with Gasteiger partial charge in [-0.1, -0.05) is 0 Å². The summed E-state index contributed by atoms with van der Waals surface area (Å²) < 4.78 is 45.7.